The second-order valence-corrected chi connectivity index (χ2v) is 3.76. The number of hydrogen-bond acceptors (Lipinski definition) is 6. The zero-order valence-electron chi connectivity index (χ0n) is 10.4. The normalized spacial score (nSPS) is 13.3. The fourth-order valence-corrected chi connectivity index (χ4v) is 1.46. The summed E-state index contributed by atoms with van der Waals surface area (Å²) in [6.07, 6.45) is 0.929. The Kier molecular flexibility index (Phi) is 5.09. The molecule has 1 aromatic rings. The van der Waals surface area contributed by atoms with Crippen molar-refractivity contribution in [3.63, 3.8) is 0 Å². The molecule has 0 spiro atoms. The van der Waals surface area contributed by atoms with Crippen molar-refractivity contribution in [2.45, 2.75) is 26.7 Å². The van der Waals surface area contributed by atoms with E-state index >= 15 is 0 Å². The molecule has 0 radical (unpaired) electrons. The summed E-state index contributed by atoms with van der Waals surface area (Å²) in [5.41, 5.74) is 5.41. The summed E-state index contributed by atoms with van der Waals surface area (Å²) in [5, 5.41) is 17.8. The average Bonchev–Trinajstić information content (AvgIpc) is 2.75. The van der Waals surface area contributed by atoms with Crippen molar-refractivity contribution in [1.82, 2.24) is 15.5 Å². The molecule has 100 valence electrons. The standard InChI is InChI=1S/C10H17N5O3/c1-3-7(9(11)14-17)10(16)12-5-4-8-13-6(2)18-15-8/h7,17H,3-5H2,1-2H3,(H2,11,14)(H,12,16). The number of nitrogens with zero attached hydrogens (tertiary/aromatic N) is 3. The van der Waals surface area contributed by atoms with Gasteiger partial charge in [-0.1, -0.05) is 17.2 Å². The predicted molar refractivity (Wildman–Crippen MR) is 62.9 cm³/mol. The topological polar surface area (TPSA) is 127 Å². The van der Waals surface area contributed by atoms with Crippen LogP contribution in [0.5, 0.6) is 0 Å². The van der Waals surface area contributed by atoms with Gasteiger partial charge in [0.15, 0.2) is 11.7 Å². The molecule has 0 aliphatic carbocycles. The van der Waals surface area contributed by atoms with E-state index in [4.69, 9.17) is 15.5 Å². The molecule has 0 aliphatic heterocycles. The van der Waals surface area contributed by atoms with E-state index in [0.717, 1.165) is 0 Å². The Morgan fingerprint density at radius 1 is 1.67 bits per heavy atom. The molecule has 0 saturated carbocycles. The molecule has 8 nitrogen and oxygen atoms in total. The Balaban J connectivity index is 2.40. The maximum atomic E-state index is 11.7. The van der Waals surface area contributed by atoms with Gasteiger partial charge in [0, 0.05) is 19.9 Å². The van der Waals surface area contributed by atoms with E-state index in [9.17, 15) is 4.79 Å². The smallest absolute Gasteiger partial charge is 0.230 e. The Morgan fingerprint density at radius 3 is 2.89 bits per heavy atom. The van der Waals surface area contributed by atoms with Gasteiger partial charge in [0.25, 0.3) is 0 Å². The molecule has 0 aliphatic rings. The van der Waals surface area contributed by atoms with Crippen LogP contribution in [0.3, 0.4) is 0 Å². The molecule has 1 amide bonds. The van der Waals surface area contributed by atoms with E-state index in [1.54, 1.807) is 13.8 Å². The first-order valence-corrected chi connectivity index (χ1v) is 5.62. The first-order chi connectivity index (χ1) is 8.58. The maximum absolute atomic E-state index is 11.7. The van der Waals surface area contributed by atoms with Gasteiger partial charge in [-0.3, -0.25) is 4.79 Å². The van der Waals surface area contributed by atoms with E-state index in [1.165, 1.54) is 0 Å². The lowest BCUT2D eigenvalue weighted by atomic mass is 10.0. The zero-order valence-corrected chi connectivity index (χ0v) is 10.4. The van der Waals surface area contributed by atoms with Gasteiger partial charge in [0.2, 0.25) is 11.8 Å². The van der Waals surface area contributed by atoms with E-state index in [1.807, 2.05) is 0 Å². The third kappa shape index (κ3) is 3.72. The molecular weight excluding hydrogens is 238 g/mol. The third-order valence-electron chi connectivity index (χ3n) is 2.41. The molecule has 1 rings (SSSR count). The van der Waals surface area contributed by atoms with Gasteiger partial charge in [-0.2, -0.15) is 4.98 Å². The van der Waals surface area contributed by atoms with E-state index in [-0.39, 0.29) is 11.7 Å². The van der Waals surface area contributed by atoms with Gasteiger partial charge in [0.05, 0.1) is 5.92 Å². The minimum absolute atomic E-state index is 0.0922. The minimum Gasteiger partial charge on any atom is -0.409 e. The molecule has 1 atom stereocenters. The third-order valence-corrected chi connectivity index (χ3v) is 2.41. The number of rotatable bonds is 6. The molecule has 18 heavy (non-hydrogen) atoms. The minimum atomic E-state index is -0.623. The number of aromatic nitrogens is 2. The lowest BCUT2D eigenvalue weighted by Crippen LogP contribution is -2.39. The first-order valence-electron chi connectivity index (χ1n) is 5.62. The van der Waals surface area contributed by atoms with Crippen LogP contribution in [0.15, 0.2) is 9.68 Å². The molecule has 0 fully saturated rings. The van der Waals surface area contributed by atoms with Crippen LogP contribution in [-0.4, -0.2) is 33.6 Å². The highest BCUT2D eigenvalue weighted by Gasteiger charge is 2.20. The van der Waals surface area contributed by atoms with Crippen molar-refractivity contribution < 1.29 is 14.5 Å². The van der Waals surface area contributed by atoms with Crippen LogP contribution in [0.4, 0.5) is 0 Å². The molecule has 0 aromatic carbocycles. The van der Waals surface area contributed by atoms with Gasteiger partial charge in [0.1, 0.15) is 0 Å². The van der Waals surface area contributed by atoms with Gasteiger partial charge in [-0.05, 0) is 6.42 Å². The van der Waals surface area contributed by atoms with E-state index in [2.05, 4.69) is 20.6 Å². The van der Waals surface area contributed by atoms with Crippen LogP contribution < -0.4 is 11.1 Å². The van der Waals surface area contributed by atoms with Crippen molar-refractivity contribution in [2.24, 2.45) is 16.8 Å². The number of hydrogen-bond donors (Lipinski definition) is 3. The quantitative estimate of drug-likeness (QED) is 0.280. The summed E-state index contributed by atoms with van der Waals surface area (Å²) in [5.74, 6) is 0.0180. The Morgan fingerprint density at radius 2 is 2.39 bits per heavy atom. The maximum Gasteiger partial charge on any atom is 0.230 e. The number of nitrogens with two attached hydrogens (primary N) is 1. The highest BCUT2D eigenvalue weighted by atomic mass is 16.5. The van der Waals surface area contributed by atoms with Gasteiger partial charge >= 0.3 is 0 Å². The largest absolute Gasteiger partial charge is 0.409 e. The van der Waals surface area contributed by atoms with Crippen LogP contribution in [0.2, 0.25) is 0 Å². The highest BCUT2D eigenvalue weighted by Crippen LogP contribution is 2.03. The second-order valence-electron chi connectivity index (χ2n) is 3.76. The van der Waals surface area contributed by atoms with Gasteiger partial charge < -0.3 is 20.8 Å². The summed E-state index contributed by atoms with van der Waals surface area (Å²) in [6, 6.07) is 0. The summed E-state index contributed by atoms with van der Waals surface area (Å²) >= 11 is 0. The number of aryl methyl sites for hydroxylation is 1. The van der Waals surface area contributed by atoms with E-state index in [0.29, 0.717) is 31.1 Å². The summed E-state index contributed by atoms with van der Waals surface area (Å²) < 4.78 is 4.80. The number of oxime groups is 1. The lowest BCUT2D eigenvalue weighted by Gasteiger charge is -2.12. The fraction of sp³-hybridized carbons (Fsp3) is 0.600. The monoisotopic (exact) mass is 255 g/mol. The molecule has 1 unspecified atom stereocenters. The Bertz CT molecular complexity index is 429. The van der Waals surface area contributed by atoms with E-state index < -0.39 is 5.92 Å². The number of amides is 1. The van der Waals surface area contributed by atoms with Crippen LogP contribution in [0.1, 0.15) is 25.1 Å². The SMILES string of the molecule is CCC(C(=O)NCCc1noc(C)n1)C(N)=NO. The van der Waals surface area contributed by atoms with Crippen molar-refractivity contribution in [3.05, 3.63) is 11.7 Å². The summed E-state index contributed by atoms with van der Waals surface area (Å²) in [7, 11) is 0. The Labute approximate surface area is 104 Å². The van der Waals surface area contributed by atoms with Crippen molar-refractivity contribution in [2.75, 3.05) is 6.54 Å². The van der Waals surface area contributed by atoms with Crippen LogP contribution in [0.25, 0.3) is 0 Å². The zero-order chi connectivity index (χ0) is 13.5. The molecule has 1 heterocycles. The summed E-state index contributed by atoms with van der Waals surface area (Å²) in [6.45, 7) is 3.85. The van der Waals surface area contributed by atoms with Gasteiger partial charge in [-0.15, -0.1) is 0 Å². The highest BCUT2D eigenvalue weighted by molar-refractivity contribution is 6.01. The van der Waals surface area contributed by atoms with Crippen LogP contribution in [0, 0.1) is 12.8 Å². The van der Waals surface area contributed by atoms with Crippen molar-refractivity contribution >= 4 is 11.7 Å². The Hall–Kier alpha value is -2.12. The number of amidine groups is 1. The molecule has 8 heteroatoms. The number of nitrogens with one attached hydrogen (secondary N) is 1. The fourth-order valence-electron chi connectivity index (χ4n) is 1.46. The van der Waals surface area contributed by atoms with Gasteiger partial charge in [-0.25, -0.2) is 0 Å². The summed E-state index contributed by atoms with van der Waals surface area (Å²) in [4.78, 5) is 15.7. The number of carbonyl (C=O) groups excluding carboxylic acids is 1. The van der Waals surface area contributed by atoms with Crippen LogP contribution in [-0.2, 0) is 11.2 Å². The lowest BCUT2D eigenvalue weighted by molar-refractivity contribution is -0.123. The molecule has 0 saturated heterocycles. The average molecular weight is 255 g/mol. The second kappa shape index (κ2) is 6.58. The van der Waals surface area contributed by atoms with Crippen LogP contribution >= 0.6 is 0 Å². The molecule has 4 N–H and O–H groups in total. The molecule has 0 bridgehead atoms. The van der Waals surface area contributed by atoms with Crippen molar-refractivity contribution in [1.29, 1.82) is 0 Å². The van der Waals surface area contributed by atoms with Crippen molar-refractivity contribution in [3.8, 4) is 0 Å². The number of carbonyl (C=O) groups is 1. The first kappa shape index (κ1) is 13.9. The molecular formula is C10H17N5O3. The predicted octanol–water partition coefficient (Wildman–Crippen LogP) is -0.191. The molecule has 1 aromatic heterocycles.